The highest BCUT2D eigenvalue weighted by Crippen LogP contribution is 2.13. The number of benzene rings is 2. The van der Waals surface area contributed by atoms with Gasteiger partial charge in [0, 0.05) is 6.54 Å². The van der Waals surface area contributed by atoms with Crippen LogP contribution in [0.4, 0.5) is 4.79 Å². The average Bonchev–Trinajstić information content (AvgIpc) is 2.57. The van der Waals surface area contributed by atoms with Gasteiger partial charge in [0.25, 0.3) is 0 Å². The lowest BCUT2D eigenvalue weighted by atomic mass is 10.1. The van der Waals surface area contributed by atoms with Gasteiger partial charge < -0.3 is 15.2 Å². The van der Waals surface area contributed by atoms with Gasteiger partial charge in [-0.15, -0.1) is 0 Å². The maximum Gasteiger partial charge on any atom is 0.407 e. The lowest BCUT2D eigenvalue weighted by Gasteiger charge is -2.19. The Morgan fingerprint density at radius 3 is 2.11 bits per heavy atom. The van der Waals surface area contributed by atoms with Crippen LogP contribution in [-0.2, 0) is 22.5 Å². The van der Waals surface area contributed by atoms with Crippen LogP contribution in [0.15, 0.2) is 48.5 Å². The Bertz CT molecular complexity index is 834. The number of ether oxygens (including phenoxy) is 1. The molecule has 0 aliphatic rings. The minimum Gasteiger partial charge on any atom is -0.481 e. The van der Waals surface area contributed by atoms with Gasteiger partial charge in [0.15, 0.2) is 0 Å². The molecule has 5 nitrogen and oxygen atoms in total. The predicted molar refractivity (Wildman–Crippen MR) is 106 cm³/mol. The maximum absolute atomic E-state index is 11.7. The number of nitrogens with one attached hydrogen (secondary N) is 1. The second-order valence-electron chi connectivity index (χ2n) is 7.25. The summed E-state index contributed by atoms with van der Waals surface area (Å²) in [6, 6.07) is 15.2. The summed E-state index contributed by atoms with van der Waals surface area (Å²) in [6.07, 6.45) is 3.45. The molecule has 2 aromatic carbocycles. The van der Waals surface area contributed by atoms with Crippen LogP contribution in [0.5, 0.6) is 0 Å². The summed E-state index contributed by atoms with van der Waals surface area (Å²) in [5.74, 6) is -0.846. The monoisotopic (exact) mass is 367 g/mol. The summed E-state index contributed by atoms with van der Waals surface area (Å²) in [7, 11) is 0. The molecule has 0 spiro atoms. The van der Waals surface area contributed by atoms with Gasteiger partial charge in [-0.25, -0.2) is 4.79 Å². The Kier molecular flexibility index (Phi) is 6.77. The van der Waals surface area contributed by atoms with Crippen molar-refractivity contribution in [3.63, 3.8) is 0 Å². The van der Waals surface area contributed by atoms with Gasteiger partial charge in [-0.05, 0) is 49.1 Å². The quantitative estimate of drug-likeness (QED) is 0.737. The molecule has 2 rings (SSSR count). The van der Waals surface area contributed by atoms with E-state index in [1.165, 1.54) is 0 Å². The number of carboxylic acid groups (broad SMARTS) is 1. The third-order valence-corrected chi connectivity index (χ3v) is 3.56. The molecule has 5 heteroatoms. The molecule has 0 saturated carbocycles. The first-order valence-corrected chi connectivity index (χ1v) is 8.76. The number of carboxylic acids is 1. The van der Waals surface area contributed by atoms with Crippen molar-refractivity contribution in [2.24, 2.45) is 0 Å². The zero-order valence-electron chi connectivity index (χ0n) is 15.9. The molecule has 0 bridgehead atoms. The van der Waals surface area contributed by atoms with E-state index >= 15 is 0 Å². The molecule has 0 fully saturated rings. The molecule has 27 heavy (non-hydrogen) atoms. The molecule has 0 aliphatic carbocycles. The fourth-order valence-corrected chi connectivity index (χ4v) is 2.47. The molecule has 0 saturated heterocycles. The van der Waals surface area contributed by atoms with Gasteiger partial charge in [0.1, 0.15) is 5.60 Å². The highest BCUT2D eigenvalue weighted by atomic mass is 16.6. The smallest absolute Gasteiger partial charge is 0.407 e. The van der Waals surface area contributed by atoms with E-state index in [9.17, 15) is 9.59 Å². The molecule has 0 radical (unpaired) electrons. The zero-order valence-corrected chi connectivity index (χ0v) is 15.9. The van der Waals surface area contributed by atoms with Crippen molar-refractivity contribution in [3.8, 4) is 0 Å². The third-order valence-electron chi connectivity index (χ3n) is 3.56. The molecule has 0 atom stereocenters. The van der Waals surface area contributed by atoms with Crippen LogP contribution >= 0.6 is 0 Å². The topological polar surface area (TPSA) is 75.6 Å². The first kappa shape index (κ1) is 20.2. The predicted octanol–water partition coefficient (Wildman–Crippen LogP) is 4.51. The third kappa shape index (κ3) is 7.77. The molecule has 0 heterocycles. The molecular formula is C22H25NO4. The van der Waals surface area contributed by atoms with Crippen molar-refractivity contribution >= 4 is 24.2 Å². The minimum absolute atomic E-state index is 0.00744. The Morgan fingerprint density at radius 2 is 1.56 bits per heavy atom. The molecule has 2 aromatic rings. The lowest BCUT2D eigenvalue weighted by molar-refractivity contribution is -0.136. The molecule has 2 N–H and O–H groups in total. The molecule has 0 unspecified atom stereocenters. The van der Waals surface area contributed by atoms with Gasteiger partial charge in [-0.3, -0.25) is 4.79 Å². The largest absolute Gasteiger partial charge is 0.481 e. The Labute approximate surface area is 159 Å². The van der Waals surface area contributed by atoms with Gasteiger partial charge >= 0.3 is 12.1 Å². The van der Waals surface area contributed by atoms with Crippen LogP contribution in [0.3, 0.4) is 0 Å². The van der Waals surface area contributed by atoms with Crippen molar-refractivity contribution < 1.29 is 19.4 Å². The van der Waals surface area contributed by atoms with E-state index in [2.05, 4.69) is 5.32 Å². The Balaban J connectivity index is 2.00. The van der Waals surface area contributed by atoms with E-state index < -0.39 is 17.7 Å². The number of aliphatic carboxylic acids is 1. The van der Waals surface area contributed by atoms with Gasteiger partial charge in [-0.1, -0.05) is 54.6 Å². The number of alkyl carbamates (subject to hydrolysis) is 1. The molecule has 0 aromatic heterocycles. The second kappa shape index (κ2) is 9.03. The summed E-state index contributed by atoms with van der Waals surface area (Å²) < 4.78 is 5.23. The van der Waals surface area contributed by atoms with E-state index in [4.69, 9.17) is 9.84 Å². The van der Waals surface area contributed by atoms with Crippen molar-refractivity contribution in [1.82, 2.24) is 5.32 Å². The first-order chi connectivity index (χ1) is 12.7. The highest BCUT2D eigenvalue weighted by molar-refractivity contribution is 5.73. The Morgan fingerprint density at radius 1 is 1.00 bits per heavy atom. The summed E-state index contributed by atoms with van der Waals surface area (Å²) >= 11 is 0. The van der Waals surface area contributed by atoms with E-state index in [0.717, 1.165) is 22.3 Å². The van der Waals surface area contributed by atoms with Crippen LogP contribution in [0.25, 0.3) is 12.2 Å². The average molecular weight is 367 g/mol. The van der Waals surface area contributed by atoms with Crippen LogP contribution in [0.1, 0.15) is 43.0 Å². The zero-order chi connectivity index (χ0) is 19.9. The van der Waals surface area contributed by atoms with Crippen molar-refractivity contribution in [1.29, 1.82) is 0 Å². The number of hydrogen-bond donors (Lipinski definition) is 2. The van der Waals surface area contributed by atoms with Gasteiger partial charge in [-0.2, -0.15) is 0 Å². The minimum atomic E-state index is -0.846. The lowest BCUT2D eigenvalue weighted by Crippen LogP contribution is -2.32. The van der Waals surface area contributed by atoms with E-state index in [0.29, 0.717) is 6.54 Å². The van der Waals surface area contributed by atoms with Crippen molar-refractivity contribution in [2.45, 2.75) is 39.3 Å². The summed E-state index contributed by atoms with van der Waals surface area (Å²) in [6.45, 7) is 5.85. The van der Waals surface area contributed by atoms with Crippen molar-refractivity contribution in [2.75, 3.05) is 0 Å². The maximum atomic E-state index is 11.7. The second-order valence-corrected chi connectivity index (χ2v) is 7.25. The van der Waals surface area contributed by atoms with Crippen LogP contribution in [0, 0.1) is 0 Å². The number of carbonyl (C=O) groups is 2. The van der Waals surface area contributed by atoms with Gasteiger partial charge in [0.05, 0.1) is 6.42 Å². The van der Waals surface area contributed by atoms with Crippen LogP contribution in [0.2, 0.25) is 0 Å². The number of hydrogen-bond acceptors (Lipinski definition) is 3. The number of amides is 1. The standard InChI is InChI=1S/C22H25NO4/c1-22(2,3)27-21(26)23-15-19-9-5-7-17(13-19)11-10-16-6-4-8-18(12-16)14-20(24)25/h4-13H,14-15H2,1-3H3,(H,23,26)(H,24,25)/b11-10+. The summed E-state index contributed by atoms with van der Waals surface area (Å²) in [4.78, 5) is 22.6. The van der Waals surface area contributed by atoms with E-state index in [1.54, 1.807) is 6.07 Å². The fraction of sp³-hybridized carbons (Fsp3) is 0.273. The molecule has 1 amide bonds. The fourth-order valence-electron chi connectivity index (χ4n) is 2.47. The van der Waals surface area contributed by atoms with Crippen LogP contribution in [-0.4, -0.2) is 22.8 Å². The van der Waals surface area contributed by atoms with Crippen LogP contribution < -0.4 is 5.32 Å². The van der Waals surface area contributed by atoms with E-state index in [-0.39, 0.29) is 6.42 Å². The Hall–Kier alpha value is -3.08. The van der Waals surface area contributed by atoms with Gasteiger partial charge in [0.2, 0.25) is 0 Å². The number of carbonyl (C=O) groups excluding carboxylic acids is 1. The highest BCUT2D eigenvalue weighted by Gasteiger charge is 2.15. The molecular weight excluding hydrogens is 342 g/mol. The summed E-state index contributed by atoms with van der Waals surface area (Å²) in [5, 5.41) is 11.6. The SMILES string of the molecule is CC(C)(C)OC(=O)NCc1cccc(/C=C/c2cccc(CC(=O)O)c2)c1. The van der Waals surface area contributed by atoms with Crippen molar-refractivity contribution in [3.05, 3.63) is 70.8 Å². The normalized spacial score (nSPS) is 11.4. The molecule has 142 valence electrons. The first-order valence-electron chi connectivity index (χ1n) is 8.76. The summed E-state index contributed by atoms with van der Waals surface area (Å²) in [5.41, 5.74) is 3.12. The van der Waals surface area contributed by atoms with E-state index in [1.807, 2.05) is 75.4 Å². The number of rotatable bonds is 6. The molecule has 0 aliphatic heterocycles.